The standard InChI is InChI=1S/C22H29N3O6S2/c1-31-16-15-25(17-22(26)23-18-7-3-2-4-8-18)33(29,30)21-13-11-20(12-14-21)32(27,28)24-19-9-5-6-10-19/h2-4,7-8,11-14,19,24H,5-6,9-10,15-17H2,1H3,(H,23,26). The molecule has 33 heavy (non-hydrogen) atoms. The zero-order valence-corrected chi connectivity index (χ0v) is 20.1. The van der Waals surface area contributed by atoms with E-state index in [0.717, 1.165) is 30.0 Å². The Morgan fingerprint density at radius 3 is 2.18 bits per heavy atom. The molecule has 0 bridgehead atoms. The lowest BCUT2D eigenvalue weighted by molar-refractivity contribution is -0.116. The number of ether oxygens (including phenoxy) is 1. The Balaban J connectivity index is 1.75. The molecule has 0 atom stereocenters. The molecule has 2 aromatic carbocycles. The van der Waals surface area contributed by atoms with Gasteiger partial charge in [-0.25, -0.2) is 21.6 Å². The number of benzene rings is 2. The topological polar surface area (TPSA) is 122 Å². The van der Waals surface area contributed by atoms with Gasteiger partial charge in [-0.15, -0.1) is 0 Å². The Labute approximate surface area is 195 Å². The molecule has 0 saturated heterocycles. The predicted molar refractivity (Wildman–Crippen MR) is 125 cm³/mol. The fraction of sp³-hybridized carbons (Fsp3) is 0.409. The minimum Gasteiger partial charge on any atom is -0.383 e. The van der Waals surface area contributed by atoms with Crippen molar-refractivity contribution in [1.29, 1.82) is 0 Å². The summed E-state index contributed by atoms with van der Waals surface area (Å²) in [6.45, 7) is -0.357. The molecule has 0 aliphatic heterocycles. The summed E-state index contributed by atoms with van der Waals surface area (Å²) in [6, 6.07) is 13.6. The van der Waals surface area contributed by atoms with Gasteiger partial charge in [-0.2, -0.15) is 4.31 Å². The van der Waals surface area contributed by atoms with Gasteiger partial charge in [-0.3, -0.25) is 4.79 Å². The summed E-state index contributed by atoms with van der Waals surface area (Å²) < 4.78 is 60.3. The SMILES string of the molecule is COCCN(CC(=O)Nc1ccccc1)S(=O)(=O)c1ccc(S(=O)(=O)NC2CCCC2)cc1. The van der Waals surface area contributed by atoms with Crippen LogP contribution in [-0.2, 0) is 29.6 Å². The third-order valence-corrected chi connectivity index (χ3v) is 8.77. The summed E-state index contributed by atoms with van der Waals surface area (Å²) in [5.74, 6) is -0.499. The number of anilines is 1. The molecule has 180 valence electrons. The molecule has 1 saturated carbocycles. The molecule has 0 radical (unpaired) electrons. The first-order chi connectivity index (χ1) is 15.7. The van der Waals surface area contributed by atoms with Crippen LogP contribution in [-0.4, -0.2) is 59.9 Å². The highest BCUT2D eigenvalue weighted by Gasteiger charge is 2.28. The smallest absolute Gasteiger partial charge is 0.243 e. The van der Waals surface area contributed by atoms with Crippen LogP contribution in [0.3, 0.4) is 0 Å². The van der Waals surface area contributed by atoms with Crippen LogP contribution in [0.15, 0.2) is 64.4 Å². The quantitative estimate of drug-likeness (QED) is 0.493. The molecule has 1 aliphatic carbocycles. The number of hydrogen-bond acceptors (Lipinski definition) is 6. The van der Waals surface area contributed by atoms with E-state index < -0.39 is 32.5 Å². The number of para-hydroxylation sites is 1. The highest BCUT2D eigenvalue weighted by molar-refractivity contribution is 7.89. The molecule has 3 rings (SSSR count). The number of rotatable bonds is 11. The number of nitrogens with zero attached hydrogens (tertiary/aromatic N) is 1. The van der Waals surface area contributed by atoms with Crippen LogP contribution in [0.2, 0.25) is 0 Å². The van der Waals surface area contributed by atoms with Crippen LogP contribution in [0, 0.1) is 0 Å². The van der Waals surface area contributed by atoms with Crippen LogP contribution >= 0.6 is 0 Å². The van der Waals surface area contributed by atoms with Crippen LogP contribution < -0.4 is 10.0 Å². The van der Waals surface area contributed by atoms with Crippen molar-refractivity contribution in [1.82, 2.24) is 9.03 Å². The summed E-state index contributed by atoms with van der Waals surface area (Å²) in [7, 11) is -6.37. The highest BCUT2D eigenvalue weighted by atomic mass is 32.2. The summed E-state index contributed by atoms with van der Waals surface area (Å²) in [4.78, 5) is 12.4. The molecule has 1 amide bonds. The summed E-state index contributed by atoms with van der Waals surface area (Å²) >= 11 is 0. The van der Waals surface area contributed by atoms with E-state index in [-0.39, 0.29) is 29.0 Å². The molecule has 9 nitrogen and oxygen atoms in total. The zero-order valence-electron chi connectivity index (χ0n) is 18.4. The number of nitrogens with one attached hydrogen (secondary N) is 2. The van der Waals surface area contributed by atoms with Gasteiger partial charge >= 0.3 is 0 Å². The largest absolute Gasteiger partial charge is 0.383 e. The predicted octanol–water partition coefficient (Wildman–Crippen LogP) is 2.18. The summed E-state index contributed by atoms with van der Waals surface area (Å²) in [6.07, 6.45) is 3.56. The third-order valence-electron chi connectivity index (χ3n) is 5.37. The number of carbonyl (C=O) groups is 1. The Morgan fingerprint density at radius 1 is 0.970 bits per heavy atom. The number of methoxy groups -OCH3 is 1. The van der Waals surface area contributed by atoms with Gasteiger partial charge in [-0.05, 0) is 49.2 Å². The lowest BCUT2D eigenvalue weighted by Gasteiger charge is -2.21. The van der Waals surface area contributed by atoms with Gasteiger partial charge in [0.25, 0.3) is 0 Å². The van der Waals surface area contributed by atoms with Crippen molar-refractivity contribution in [2.24, 2.45) is 0 Å². The molecule has 0 spiro atoms. The first kappa shape index (κ1) is 25.3. The number of carbonyl (C=O) groups excluding carboxylic acids is 1. The van der Waals surface area contributed by atoms with Gasteiger partial charge < -0.3 is 10.1 Å². The summed E-state index contributed by atoms with van der Waals surface area (Å²) in [5, 5.41) is 2.66. The lowest BCUT2D eigenvalue weighted by Crippen LogP contribution is -2.40. The molecule has 2 N–H and O–H groups in total. The highest BCUT2D eigenvalue weighted by Crippen LogP contribution is 2.22. The van der Waals surface area contributed by atoms with Gasteiger partial charge in [-0.1, -0.05) is 31.0 Å². The van der Waals surface area contributed by atoms with E-state index in [0.29, 0.717) is 5.69 Å². The van der Waals surface area contributed by atoms with Crippen LogP contribution in [0.1, 0.15) is 25.7 Å². The second-order valence-corrected chi connectivity index (χ2v) is 11.5. The maximum absolute atomic E-state index is 13.2. The van der Waals surface area contributed by atoms with Crippen LogP contribution in [0.4, 0.5) is 5.69 Å². The summed E-state index contributed by atoms with van der Waals surface area (Å²) in [5.41, 5.74) is 0.552. The van der Waals surface area contributed by atoms with E-state index in [1.54, 1.807) is 30.3 Å². The van der Waals surface area contributed by atoms with Crippen molar-refractivity contribution in [3.63, 3.8) is 0 Å². The van der Waals surface area contributed by atoms with E-state index in [9.17, 15) is 21.6 Å². The monoisotopic (exact) mass is 495 g/mol. The number of hydrogen-bond donors (Lipinski definition) is 2. The molecule has 1 aliphatic rings. The average Bonchev–Trinajstić information content (AvgIpc) is 3.29. The first-order valence-corrected chi connectivity index (χ1v) is 13.6. The third kappa shape index (κ3) is 6.84. The molecule has 2 aromatic rings. The molecule has 1 fully saturated rings. The number of amides is 1. The van der Waals surface area contributed by atoms with Crippen LogP contribution in [0.5, 0.6) is 0 Å². The van der Waals surface area contributed by atoms with Crippen molar-refractivity contribution in [2.45, 2.75) is 41.5 Å². The van der Waals surface area contributed by atoms with Crippen molar-refractivity contribution in [3.05, 3.63) is 54.6 Å². The van der Waals surface area contributed by atoms with Crippen molar-refractivity contribution in [2.75, 3.05) is 32.1 Å². The normalized spacial score (nSPS) is 15.1. The van der Waals surface area contributed by atoms with Crippen molar-refractivity contribution >= 4 is 31.6 Å². The maximum Gasteiger partial charge on any atom is 0.243 e. The van der Waals surface area contributed by atoms with E-state index >= 15 is 0 Å². The molecule has 0 heterocycles. The Kier molecular flexibility index (Phi) is 8.60. The zero-order chi connectivity index (χ0) is 23.9. The Bertz CT molecular complexity index is 1130. The Morgan fingerprint density at radius 2 is 1.58 bits per heavy atom. The second kappa shape index (κ2) is 11.2. The number of sulfonamides is 2. The minimum atomic E-state index is -4.07. The van der Waals surface area contributed by atoms with E-state index in [1.165, 1.54) is 31.4 Å². The molecule has 0 aromatic heterocycles. The van der Waals surface area contributed by atoms with E-state index in [2.05, 4.69) is 10.0 Å². The van der Waals surface area contributed by atoms with Gasteiger partial charge in [0.1, 0.15) is 0 Å². The fourth-order valence-electron chi connectivity index (χ4n) is 3.63. The van der Waals surface area contributed by atoms with E-state index in [1.807, 2.05) is 0 Å². The molecular weight excluding hydrogens is 466 g/mol. The van der Waals surface area contributed by atoms with Crippen molar-refractivity contribution in [3.8, 4) is 0 Å². The van der Waals surface area contributed by atoms with Gasteiger partial charge in [0.15, 0.2) is 0 Å². The minimum absolute atomic E-state index is 0.00129. The van der Waals surface area contributed by atoms with Crippen molar-refractivity contribution < 1.29 is 26.4 Å². The maximum atomic E-state index is 13.2. The average molecular weight is 496 g/mol. The lowest BCUT2D eigenvalue weighted by atomic mass is 10.3. The van der Waals surface area contributed by atoms with E-state index in [4.69, 9.17) is 4.74 Å². The first-order valence-electron chi connectivity index (χ1n) is 10.7. The Hall–Kier alpha value is -2.31. The fourth-order valence-corrected chi connectivity index (χ4v) is 6.32. The van der Waals surface area contributed by atoms with Crippen LogP contribution in [0.25, 0.3) is 0 Å². The second-order valence-electron chi connectivity index (χ2n) is 7.82. The molecule has 11 heteroatoms. The molecular formula is C22H29N3O6S2. The van der Waals surface area contributed by atoms with Gasteiger partial charge in [0.2, 0.25) is 26.0 Å². The van der Waals surface area contributed by atoms with Gasteiger partial charge in [0.05, 0.1) is 22.9 Å². The van der Waals surface area contributed by atoms with Gasteiger partial charge in [0, 0.05) is 25.4 Å². The molecule has 0 unspecified atom stereocenters.